The predicted octanol–water partition coefficient (Wildman–Crippen LogP) is 4.35. The van der Waals surface area contributed by atoms with Crippen LogP contribution in [0.1, 0.15) is 85.3 Å². The molecular formula is C39H57N3O8. The number of esters is 1. The van der Waals surface area contributed by atoms with Gasteiger partial charge in [-0.25, -0.2) is 0 Å². The second-order valence-corrected chi connectivity index (χ2v) is 15.8. The third-order valence-corrected chi connectivity index (χ3v) is 10.3. The number of benzene rings is 1. The Morgan fingerprint density at radius 2 is 1.84 bits per heavy atom. The van der Waals surface area contributed by atoms with Crippen LogP contribution in [0.25, 0.3) is 0 Å². The Morgan fingerprint density at radius 3 is 2.42 bits per heavy atom. The van der Waals surface area contributed by atoms with Crippen molar-refractivity contribution < 1.29 is 38.5 Å². The van der Waals surface area contributed by atoms with Crippen LogP contribution < -0.4 is 5.32 Å². The molecular weight excluding hydrogens is 638 g/mol. The van der Waals surface area contributed by atoms with Crippen molar-refractivity contribution in [3.05, 3.63) is 61.2 Å². The van der Waals surface area contributed by atoms with Crippen LogP contribution in [0.3, 0.4) is 0 Å². The van der Waals surface area contributed by atoms with Crippen molar-refractivity contribution in [2.45, 2.75) is 115 Å². The molecule has 0 radical (unpaired) electrons. The van der Waals surface area contributed by atoms with Gasteiger partial charge in [-0.15, -0.1) is 13.2 Å². The molecule has 3 aliphatic rings. The van der Waals surface area contributed by atoms with Gasteiger partial charge in [0.25, 0.3) is 0 Å². The molecule has 4 rings (SSSR count). The Kier molecular flexibility index (Phi) is 12.4. The third kappa shape index (κ3) is 7.85. The zero-order valence-corrected chi connectivity index (χ0v) is 30.9. The van der Waals surface area contributed by atoms with E-state index in [9.17, 15) is 24.3 Å². The van der Waals surface area contributed by atoms with Crippen molar-refractivity contribution in [2.24, 2.45) is 17.3 Å². The number of nitrogens with zero attached hydrogens (tertiary/aromatic N) is 2. The molecule has 3 heterocycles. The fraction of sp³-hybridized carbons (Fsp3) is 0.641. The number of hydrogen-bond acceptors (Lipinski definition) is 8. The molecule has 1 spiro atoms. The lowest BCUT2D eigenvalue weighted by Crippen LogP contribution is -2.62. The van der Waals surface area contributed by atoms with E-state index in [2.05, 4.69) is 39.2 Å². The number of methoxy groups -OCH3 is 1. The van der Waals surface area contributed by atoms with Crippen LogP contribution in [0.4, 0.5) is 0 Å². The van der Waals surface area contributed by atoms with Crippen molar-refractivity contribution in [1.82, 2.24) is 15.1 Å². The first-order valence-corrected chi connectivity index (χ1v) is 17.7. The van der Waals surface area contributed by atoms with Crippen molar-refractivity contribution in [2.75, 3.05) is 26.9 Å². The second-order valence-electron chi connectivity index (χ2n) is 15.8. The number of aliphatic hydroxyl groups is 1. The highest BCUT2D eigenvalue weighted by molar-refractivity contribution is 5.98. The van der Waals surface area contributed by atoms with Gasteiger partial charge in [0.05, 0.1) is 43.2 Å². The average molecular weight is 696 g/mol. The van der Waals surface area contributed by atoms with E-state index >= 15 is 0 Å². The minimum Gasteiger partial charge on any atom is -0.455 e. The number of carbonyl (C=O) groups excluding carboxylic acids is 4. The summed E-state index contributed by atoms with van der Waals surface area (Å²) in [4.78, 5) is 59.9. The van der Waals surface area contributed by atoms with E-state index in [-0.39, 0.29) is 43.4 Å². The molecule has 3 fully saturated rings. The SMILES string of the molecule is C=CCCC(=O)N[C@@H](COC)[C@@H](OC(=O)[C@@H]1[C@H]2C(=O)N([C@H](C)CO)[C@H](C(=O)N(CC=C)C(C)(C)CC(C)(C)C)[C@]23CC[C@H]1O3)c1ccccc1. The van der Waals surface area contributed by atoms with Gasteiger partial charge in [-0.1, -0.05) is 63.3 Å². The summed E-state index contributed by atoms with van der Waals surface area (Å²) >= 11 is 0. The summed E-state index contributed by atoms with van der Waals surface area (Å²) in [6.45, 7) is 19.6. The van der Waals surface area contributed by atoms with Crippen LogP contribution in [0.15, 0.2) is 55.6 Å². The molecule has 1 aromatic carbocycles. The van der Waals surface area contributed by atoms with Gasteiger partial charge < -0.3 is 34.4 Å². The normalized spacial score (nSPS) is 26.2. The summed E-state index contributed by atoms with van der Waals surface area (Å²) in [5, 5.41) is 13.3. The number of amides is 3. The number of hydrogen-bond donors (Lipinski definition) is 2. The monoisotopic (exact) mass is 695 g/mol. The highest BCUT2D eigenvalue weighted by atomic mass is 16.6. The first kappa shape index (κ1) is 39.2. The van der Waals surface area contributed by atoms with Gasteiger partial charge in [0.1, 0.15) is 17.7 Å². The lowest BCUT2D eigenvalue weighted by atomic mass is 9.70. The standard InChI is InChI=1S/C39H57N3O8/c1-10-12-18-29(44)40-27(23-48-9)32(26-16-14-13-15-17-26)49-36(47)30-28-19-20-39(50-28)31(30)34(45)42(25(3)22-43)33(39)35(46)41(21-11-2)38(7,8)24-37(4,5)6/h10-11,13-17,25,27-28,30-33,43H,1-2,12,18-24H2,3-9H3,(H,40,44)/t25-,27+,28-,30+,31+,32+,33-,39+/m1/s1. The number of allylic oxidation sites excluding steroid dienone is 1. The van der Waals surface area contributed by atoms with Crippen LogP contribution in [0, 0.1) is 17.3 Å². The molecule has 8 atom stereocenters. The van der Waals surface area contributed by atoms with Crippen molar-refractivity contribution in [3.63, 3.8) is 0 Å². The zero-order chi connectivity index (χ0) is 37.0. The number of ether oxygens (including phenoxy) is 3. The number of carbonyl (C=O) groups is 4. The second kappa shape index (κ2) is 15.8. The Balaban J connectivity index is 1.73. The molecule has 3 aliphatic heterocycles. The molecule has 276 valence electrons. The van der Waals surface area contributed by atoms with Crippen molar-refractivity contribution in [1.29, 1.82) is 0 Å². The molecule has 0 aromatic heterocycles. The Morgan fingerprint density at radius 1 is 1.16 bits per heavy atom. The summed E-state index contributed by atoms with van der Waals surface area (Å²) in [6, 6.07) is 6.60. The summed E-state index contributed by atoms with van der Waals surface area (Å²) in [7, 11) is 1.50. The van der Waals surface area contributed by atoms with Gasteiger partial charge in [0.15, 0.2) is 0 Å². The number of rotatable bonds is 17. The predicted molar refractivity (Wildman–Crippen MR) is 190 cm³/mol. The minimum absolute atomic E-state index is 0.0609. The van der Waals surface area contributed by atoms with E-state index in [0.29, 0.717) is 31.2 Å². The Bertz CT molecular complexity index is 1410. The van der Waals surface area contributed by atoms with Gasteiger partial charge in [-0.3, -0.25) is 19.2 Å². The highest BCUT2D eigenvalue weighted by Gasteiger charge is 2.75. The van der Waals surface area contributed by atoms with Gasteiger partial charge in [-0.05, 0) is 57.4 Å². The molecule has 3 saturated heterocycles. The maximum atomic E-state index is 14.9. The van der Waals surface area contributed by atoms with Crippen LogP contribution in [-0.2, 0) is 33.4 Å². The quantitative estimate of drug-likeness (QED) is 0.182. The zero-order valence-electron chi connectivity index (χ0n) is 30.9. The van der Waals surface area contributed by atoms with Gasteiger partial charge in [0.2, 0.25) is 17.7 Å². The number of fused-ring (bicyclic) bond motifs is 1. The Labute approximate surface area is 297 Å². The van der Waals surface area contributed by atoms with E-state index in [1.54, 1.807) is 24.0 Å². The summed E-state index contributed by atoms with van der Waals surface area (Å²) < 4.78 is 18.4. The third-order valence-electron chi connectivity index (χ3n) is 10.3. The van der Waals surface area contributed by atoms with E-state index in [1.807, 2.05) is 44.2 Å². The van der Waals surface area contributed by atoms with Crippen molar-refractivity contribution in [3.8, 4) is 0 Å². The van der Waals surface area contributed by atoms with Crippen LogP contribution in [0.5, 0.6) is 0 Å². The summed E-state index contributed by atoms with van der Waals surface area (Å²) in [5.74, 6) is -3.59. The van der Waals surface area contributed by atoms with E-state index in [1.165, 1.54) is 12.0 Å². The molecule has 1 aromatic rings. The van der Waals surface area contributed by atoms with E-state index < -0.39 is 65.2 Å². The fourth-order valence-electron chi connectivity index (χ4n) is 8.63. The van der Waals surface area contributed by atoms with Crippen LogP contribution in [-0.4, -0.2) is 101 Å². The topological polar surface area (TPSA) is 135 Å². The lowest BCUT2D eigenvalue weighted by Gasteiger charge is -2.46. The summed E-state index contributed by atoms with van der Waals surface area (Å²) in [6.07, 6.45) is 3.98. The molecule has 11 heteroatoms. The maximum absolute atomic E-state index is 14.9. The average Bonchev–Trinajstić information content (AvgIpc) is 3.70. The molecule has 0 saturated carbocycles. The van der Waals surface area contributed by atoms with Crippen molar-refractivity contribution >= 4 is 23.7 Å². The Hall–Kier alpha value is -3.54. The molecule has 2 N–H and O–H groups in total. The number of nitrogens with one attached hydrogen (secondary N) is 1. The lowest BCUT2D eigenvalue weighted by molar-refractivity contribution is -0.163. The molecule has 3 amide bonds. The first-order valence-electron chi connectivity index (χ1n) is 17.7. The minimum atomic E-state index is -1.28. The van der Waals surface area contributed by atoms with Gasteiger partial charge >= 0.3 is 5.97 Å². The number of aliphatic hydroxyl groups excluding tert-OH is 1. The van der Waals surface area contributed by atoms with Gasteiger partial charge in [0, 0.05) is 25.6 Å². The molecule has 11 nitrogen and oxygen atoms in total. The molecule has 0 unspecified atom stereocenters. The van der Waals surface area contributed by atoms with E-state index in [0.717, 1.165) is 0 Å². The smallest absolute Gasteiger partial charge is 0.313 e. The van der Waals surface area contributed by atoms with Crippen LogP contribution in [0.2, 0.25) is 0 Å². The fourth-order valence-corrected chi connectivity index (χ4v) is 8.63. The highest BCUT2D eigenvalue weighted by Crippen LogP contribution is 2.59. The molecule has 2 bridgehead atoms. The maximum Gasteiger partial charge on any atom is 0.313 e. The summed E-state index contributed by atoms with van der Waals surface area (Å²) in [5.41, 5.74) is -1.35. The first-order chi connectivity index (χ1) is 23.6. The molecule has 0 aliphatic carbocycles. The van der Waals surface area contributed by atoms with E-state index in [4.69, 9.17) is 14.2 Å². The largest absolute Gasteiger partial charge is 0.455 e. The van der Waals surface area contributed by atoms with Crippen LogP contribution >= 0.6 is 0 Å². The molecule has 50 heavy (non-hydrogen) atoms. The number of likely N-dealkylation sites (tertiary alicyclic amines) is 1. The van der Waals surface area contributed by atoms with Gasteiger partial charge in [-0.2, -0.15) is 0 Å².